The number of methoxy groups -OCH3 is 1. The van der Waals surface area contributed by atoms with Crippen LogP contribution in [0.25, 0.3) is 5.65 Å². The molecular weight excluding hydrogens is 482 g/mol. The van der Waals surface area contributed by atoms with E-state index in [-0.39, 0.29) is 17.8 Å². The summed E-state index contributed by atoms with van der Waals surface area (Å²) in [5.74, 6) is 1.96. The minimum atomic E-state index is -0.395. The molecule has 9 nitrogen and oxygen atoms in total. The van der Waals surface area contributed by atoms with E-state index in [0.717, 1.165) is 16.9 Å². The molecule has 1 unspecified atom stereocenters. The topological polar surface area (TPSA) is 100 Å². The Morgan fingerprint density at radius 3 is 2.68 bits per heavy atom. The van der Waals surface area contributed by atoms with Gasteiger partial charge in [0.2, 0.25) is 5.88 Å². The van der Waals surface area contributed by atoms with Gasteiger partial charge in [0.25, 0.3) is 0 Å². The van der Waals surface area contributed by atoms with E-state index in [0.29, 0.717) is 47.1 Å². The zero-order valence-corrected chi connectivity index (χ0v) is 21.4. The summed E-state index contributed by atoms with van der Waals surface area (Å²) in [4.78, 5) is 28.3. The predicted molar refractivity (Wildman–Crippen MR) is 140 cm³/mol. The Kier molecular flexibility index (Phi) is 5.90. The largest absolute Gasteiger partial charge is 0.497 e. The van der Waals surface area contributed by atoms with E-state index in [1.165, 1.54) is 0 Å². The van der Waals surface area contributed by atoms with Crippen LogP contribution >= 0.6 is 0 Å². The number of nitrogens with zero attached hydrogens (tertiary/aromatic N) is 5. The van der Waals surface area contributed by atoms with Crippen LogP contribution in [-0.2, 0) is 16.2 Å². The second kappa shape index (κ2) is 9.41. The first-order chi connectivity index (χ1) is 18.4. The highest BCUT2D eigenvalue weighted by Crippen LogP contribution is 2.50. The third kappa shape index (κ3) is 4.40. The van der Waals surface area contributed by atoms with Crippen LogP contribution in [0.2, 0.25) is 0 Å². The molecule has 1 atom stereocenters. The lowest BCUT2D eigenvalue weighted by Crippen LogP contribution is -2.33. The number of ether oxygens (including phenoxy) is 2. The first-order valence-electron chi connectivity index (χ1n) is 12.4. The standard InChI is InChI=1S/C29H27N5O4/c1-29(2)13-21(35)25-22(14-29)38-28-26(24(25)19-9-11-20(36-3)12-10-19)27-32-23(33-34(27)17-30-28)16-37-31-15-18-7-5-4-6-8-18/h4-12,15,17,24H,13-14,16H2,1-3H3. The Morgan fingerprint density at radius 2 is 1.92 bits per heavy atom. The molecule has 0 spiro atoms. The Labute approximate surface area is 219 Å². The molecule has 0 bridgehead atoms. The van der Waals surface area contributed by atoms with Gasteiger partial charge >= 0.3 is 0 Å². The molecule has 0 radical (unpaired) electrons. The molecular formula is C29H27N5O4. The number of hydrogen-bond donors (Lipinski definition) is 0. The lowest BCUT2D eigenvalue weighted by atomic mass is 9.70. The van der Waals surface area contributed by atoms with E-state index in [9.17, 15) is 4.79 Å². The molecule has 4 aromatic rings. The van der Waals surface area contributed by atoms with Crippen molar-refractivity contribution in [1.29, 1.82) is 0 Å². The number of carbonyl (C=O) groups excluding carboxylic acids is 1. The quantitative estimate of drug-likeness (QED) is 0.271. The van der Waals surface area contributed by atoms with Crippen LogP contribution in [0.3, 0.4) is 0 Å². The van der Waals surface area contributed by atoms with E-state index in [1.54, 1.807) is 24.2 Å². The Bertz CT molecular complexity index is 1570. The summed E-state index contributed by atoms with van der Waals surface area (Å²) in [7, 11) is 1.63. The summed E-state index contributed by atoms with van der Waals surface area (Å²) >= 11 is 0. The number of rotatable bonds is 6. The molecule has 2 aromatic heterocycles. The van der Waals surface area contributed by atoms with Crippen LogP contribution in [0.5, 0.6) is 11.6 Å². The molecule has 1 aliphatic carbocycles. The van der Waals surface area contributed by atoms with Crippen molar-refractivity contribution in [3.63, 3.8) is 0 Å². The highest BCUT2D eigenvalue weighted by molar-refractivity contribution is 6.00. The number of hydrogen-bond acceptors (Lipinski definition) is 8. The van der Waals surface area contributed by atoms with Gasteiger partial charge < -0.3 is 14.3 Å². The van der Waals surface area contributed by atoms with Crippen molar-refractivity contribution < 1.29 is 19.1 Å². The van der Waals surface area contributed by atoms with Gasteiger partial charge in [0, 0.05) is 24.3 Å². The molecule has 0 saturated heterocycles. The van der Waals surface area contributed by atoms with Crippen molar-refractivity contribution in [2.75, 3.05) is 7.11 Å². The second-order valence-electron chi connectivity index (χ2n) is 10.3. The van der Waals surface area contributed by atoms with Crippen LogP contribution < -0.4 is 9.47 Å². The fraction of sp³-hybridized carbons (Fsp3) is 0.276. The number of benzene rings is 2. The van der Waals surface area contributed by atoms with Crippen molar-refractivity contribution in [1.82, 2.24) is 19.6 Å². The zero-order valence-electron chi connectivity index (χ0n) is 21.4. The van der Waals surface area contributed by atoms with Crippen LogP contribution in [0.4, 0.5) is 0 Å². The van der Waals surface area contributed by atoms with Crippen LogP contribution in [-0.4, -0.2) is 38.7 Å². The summed E-state index contributed by atoms with van der Waals surface area (Å²) in [5.41, 5.74) is 3.59. The molecule has 3 heterocycles. The number of ketones is 1. The molecule has 6 rings (SSSR count). The zero-order chi connectivity index (χ0) is 26.3. The summed E-state index contributed by atoms with van der Waals surface area (Å²) in [5, 5.41) is 8.57. The van der Waals surface area contributed by atoms with Gasteiger partial charge in [-0.25, -0.2) is 14.5 Å². The van der Waals surface area contributed by atoms with E-state index in [2.05, 4.69) is 29.1 Å². The first-order valence-corrected chi connectivity index (χ1v) is 12.4. The monoisotopic (exact) mass is 509 g/mol. The molecule has 0 amide bonds. The van der Waals surface area contributed by atoms with E-state index in [1.807, 2.05) is 54.6 Å². The van der Waals surface area contributed by atoms with Gasteiger partial charge in [-0.15, -0.1) is 5.10 Å². The highest BCUT2D eigenvalue weighted by Gasteiger charge is 2.44. The maximum atomic E-state index is 13.5. The molecule has 2 aliphatic rings. The maximum absolute atomic E-state index is 13.5. The third-order valence-electron chi connectivity index (χ3n) is 6.83. The predicted octanol–water partition coefficient (Wildman–Crippen LogP) is 4.85. The SMILES string of the molecule is COc1ccc(C2C3=C(CC(C)(C)CC3=O)Oc3ncn4nc(CON=Cc5ccccc5)nc4c32)cc1. The second-order valence-corrected chi connectivity index (χ2v) is 10.3. The lowest BCUT2D eigenvalue weighted by Gasteiger charge is -2.37. The normalized spacial score (nSPS) is 18.3. The van der Waals surface area contributed by atoms with Crippen molar-refractivity contribution in [2.24, 2.45) is 10.6 Å². The summed E-state index contributed by atoms with van der Waals surface area (Å²) in [6.45, 7) is 4.24. The Balaban J connectivity index is 1.40. The maximum Gasteiger partial charge on any atom is 0.228 e. The number of carbonyl (C=O) groups is 1. The van der Waals surface area contributed by atoms with Gasteiger partial charge in [-0.2, -0.15) is 0 Å². The minimum absolute atomic E-state index is 0.0723. The average molecular weight is 510 g/mol. The van der Waals surface area contributed by atoms with Crippen LogP contribution in [0.1, 0.15) is 55.1 Å². The first kappa shape index (κ1) is 23.8. The number of Topliss-reactive ketones (excluding diaryl/α,β-unsaturated/α-hetero) is 1. The molecule has 192 valence electrons. The van der Waals surface area contributed by atoms with E-state index in [4.69, 9.17) is 19.3 Å². The molecule has 0 fully saturated rings. The fourth-order valence-corrected chi connectivity index (χ4v) is 5.11. The van der Waals surface area contributed by atoms with Crippen LogP contribution in [0.15, 0.2) is 77.4 Å². The lowest BCUT2D eigenvalue weighted by molar-refractivity contribution is -0.118. The van der Waals surface area contributed by atoms with Crippen molar-refractivity contribution in [3.8, 4) is 11.6 Å². The van der Waals surface area contributed by atoms with Crippen molar-refractivity contribution >= 4 is 17.6 Å². The molecule has 2 aromatic carbocycles. The molecule has 9 heteroatoms. The summed E-state index contributed by atoms with van der Waals surface area (Å²) < 4.78 is 13.3. The molecule has 38 heavy (non-hydrogen) atoms. The molecule has 0 saturated carbocycles. The van der Waals surface area contributed by atoms with Gasteiger partial charge in [-0.1, -0.05) is 61.5 Å². The van der Waals surface area contributed by atoms with Crippen molar-refractivity contribution in [2.45, 2.75) is 39.2 Å². The Morgan fingerprint density at radius 1 is 1.13 bits per heavy atom. The number of aromatic nitrogens is 4. The third-order valence-corrected chi connectivity index (χ3v) is 6.83. The van der Waals surface area contributed by atoms with Gasteiger partial charge in [-0.05, 0) is 28.7 Å². The fourth-order valence-electron chi connectivity index (χ4n) is 5.11. The van der Waals surface area contributed by atoms with Gasteiger partial charge in [-0.3, -0.25) is 4.79 Å². The number of oxime groups is 1. The average Bonchev–Trinajstić information content (AvgIpc) is 3.33. The van der Waals surface area contributed by atoms with Crippen molar-refractivity contribution in [3.05, 3.63) is 94.8 Å². The Hall–Kier alpha value is -4.53. The highest BCUT2D eigenvalue weighted by atomic mass is 16.6. The minimum Gasteiger partial charge on any atom is -0.497 e. The molecule has 1 aliphatic heterocycles. The number of allylic oxidation sites excluding steroid dienone is 2. The number of fused-ring (bicyclic) bond motifs is 3. The summed E-state index contributed by atoms with van der Waals surface area (Å²) in [6.07, 6.45) is 4.30. The summed E-state index contributed by atoms with van der Waals surface area (Å²) in [6, 6.07) is 17.4. The van der Waals surface area contributed by atoms with Gasteiger partial charge in [0.05, 0.1) is 18.9 Å². The van der Waals surface area contributed by atoms with E-state index < -0.39 is 5.92 Å². The smallest absolute Gasteiger partial charge is 0.228 e. The van der Waals surface area contributed by atoms with Crippen LogP contribution in [0, 0.1) is 5.41 Å². The van der Waals surface area contributed by atoms with Gasteiger partial charge in [0.1, 0.15) is 17.8 Å². The van der Waals surface area contributed by atoms with E-state index >= 15 is 0 Å². The molecule has 0 N–H and O–H groups in total. The van der Waals surface area contributed by atoms with Gasteiger partial charge in [0.15, 0.2) is 23.9 Å².